The Bertz CT molecular complexity index is 277. The van der Waals surface area contributed by atoms with Crippen molar-refractivity contribution in [1.82, 2.24) is 0 Å². The van der Waals surface area contributed by atoms with Gasteiger partial charge in [-0.05, 0) is 48.1 Å². The summed E-state index contributed by atoms with van der Waals surface area (Å²) < 4.78 is 0. The van der Waals surface area contributed by atoms with E-state index in [9.17, 15) is 0 Å². The van der Waals surface area contributed by atoms with Crippen molar-refractivity contribution in [2.45, 2.75) is 40.0 Å². The molecule has 0 heterocycles. The zero-order valence-electron chi connectivity index (χ0n) is 12.4. The van der Waals surface area contributed by atoms with E-state index in [2.05, 4.69) is 52.0 Å². The van der Waals surface area contributed by atoms with E-state index in [1.807, 2.05) is 0 Å². The van der Waals surface area contributed by atoms with Gasteiger partial charge in [0, 0.05) is 0 Å². The van der Waals surface area contributed by atoms with E-state index in [0.29, 0.717) is 0 Å². The molecule has 0 fully saturated rings. The molecule has 102 valence electrons. The summed E-state index contributed by atoms with van der Waals surface area (Å²) in [5, 5.41) is 0. The number of hydrogen-bond acceptors (Lipinski definition) is 0. The Kier molecular flexibility index (Phi) is 8.12. The molecule has 0 N–H and O–H groups in total. The highest BCUT2D eigenvalue weighted by Gasteiger charge is 2.06. The van der Waals surface area contributed by atoms with E-state index in [-0.39, 0.29) is 15.8 Å². The molecule has 1 aromatic carbocycles. The van der Waals surface area contributed by atoms with Gasteiger partial charge in [0.15, 0.2) is 0 Å². The Balaban J connectivity index is 2.56. The third-order valence-electron chi connectivity index (χ3n) is 3.62. The molecule has 0 aliphatic rings. The molecule has 0 amide bonds. The largest absolute Gasteiger partial charge is 0.103 e. The molecule has 0 nitrogen and oxygen atoms in total. The fourth-order valence-corrected chi connectivity index (χ4v) is 5.40. The van der Waals surface area contributed by atoms with Crippen molar-refractivity contribution < 1.29 is 0 Å². The number of rotatable bonds is 8. The molecule has 1 aromatic rings. The van der Waals surface area contributed by atoms with Crippen LogP contribution < -0.4 is 0 Å². The minimum atomic E-state index is 0.239. The maximum absolute atomic E-state index is 2.37. The molecule has 18 heavy (non-hydrogen) atoms. The van der Waals surface area contributed by atoms with Crippen LogP contribution in [0.1, 0.15) is 38.8 Å². The molecule has 0 spiro atoms. The first kappa shape index (κ1) is 16.1. The van der Waals surface area contributed by atoms with Gasteiger partial charge in [0.1, 0.15) is 0 Å². The van der Waals surface area contributed by atoms with Gasteiger partial charge >= 0.3 is 0 Å². The Morgan fingerprint density at radius 1 is 0.611 bits per heavy atom. The number of hydrogen-bond donors (Lipinski definition) is 0. The van der Waals surface area contributed by atoms with Crippen LogP contribution in [0.3, 0.4) is 0 Å². The molecule has 0 aliphatic carbocycles. The highest BCUT2D eigenvalue weighted by molar-refractivity contribution is 7.57. The summed E-state index contributed by atoms with van der Waals surface area (Å²) in [5.74, 6) is 0. The SMILES string of the molecule is CCP(CC)Cc1ccc(CP(CC)CC)cc1. The quantitative estimate of drug-likeness (QED) is 0.534. The van der Waals surface area contributed by atoms with Crippen LogP contribution in [0.25, 0.3) is 0 Å². The first-order valence-corrected chi connectivity index (χ1v) is 11.0. The summed E-state index contributed by atoms with van der Waals surface area (Å²) in [6.07, 6.45) is 8.10. The second kappa shape index (κ2) is 9.06. The first-order valence-electron chi connectivity index (χ1n) is 7.25. The van der Waals surface area contributed by atoms with Gasteiger partial charge in [0.2, 0.25) is 0 Å². The van der Waals surface area contributed by atoms with Gasteiger partial charge < -0.3 is 0 Å². The monoisotopic (exact) mass is 282 g/mol. The molecular formula is C16H28P2. The van der Waals surface area contributed by atoms with Crippen molar-refractivity contribution in [2.24, 2.45) is 0 Å². The summed E-state index contributed by atoms with van der Waals surface area (Å²) in [6.45, 7) is 9.33. The highest BCUT2D eigenvalue weighted by Crippen LogP contribution is 2.40. The summed E-state index contributed by atoms with van der Waals surface area (Å²) in [7, 11) is 0.478. The topological polar surface area (TPSA) is 0 Å². The third-order valence-corrected chi connectivity index (χ3v) is 8.83. The van der Waals surface area contributed by atoms with E-state index in [0.717, 1.165) is 0 Å². The van der Waals surface area contributed by atoms with E-state index in [4.69, 9.17) is 0 Å². The second-order valence-electron chi connectivity index (χ2n) is 4.74. The zero-order valence-corrected chi connectivity index (χ0v) is 14.2. The predicted octanol–water partition coefficient (Wildman–Crippen LogP) is 5.73. The van der Waals surface area contributed by atoms with Crippen molar-refractivity contribution in [3.63, 3.8) is 0 Å². The maximum atomic E-state index is 2.37. The Labute approximate surface area is 116 Å². The average Bonchev–Trinajstić information content (AvgIpc) is 2.43. The highest BCUT2D eigenvalue weighted by atomic mass is 31.1. The van der Waals surface area contributed by atoms with E-state index < -0.39 is 0 Å². The Hall–Kier alpha value is 0.0800. The van der Waals surface area contributed by atoms with Crippen LogP contribution in [-0.4, -0.2) is 24.6 Å². The molecular weight excluding hydrogens is 254 g/mol. The smallest absolute Gasteiger partial charge is 0.00733 e. The van der Waals surface area contributed by atoms with Gasteiger partial charge in [-0.3, -0.25) is 0 Å². The van der Waals surface area contributed by atoms with Gasteiger partial charge in [-0.2, -0.15) is 0 Å². The van der Waals surface area contributed by atoms with Crippen molar-refractivity contribution in [1.29, 1.82) is 0 Å². The van der Waals surface area contributed by atoms with Crippen molar-refractivity contribution in [3.05, 3.63) is 35.4 Å². The lowest BCUT2D eigenvalue weighted by molar-refractivity contribution is 1.27. The summed E-state index contributed by atoms with van der Waals surface area (Å²) in [4.78, 5) is 0. The molecule has 1 rings (SSSR count). The Morgan fingerprint density at radius 3 is 1.11 bits per heavy atom. The molecule has 2 heteroatoms. The van der Waals surface area contributed by atoms with Crippen LogP contribution in [0.5, 0.6) is 0 Å². The fourth-order valence-electron chi connectivity index (χ4n) is 2.16. The minimum Gasteiger partial charge on any atom is -0.103 e. The first-order chi connectivity index (χ1) is 8.73. The zero-order chi connectivity index (χ0) is 13.4. The average molecular weight is 282 g/mol. The van der Waals surface area contributed by atoms with Crippen LogP contribution in [-0.2, 0) is 12.3 Å². The van der Waals surface area contributed by atoms with Crippen molar-refractivity contribution >= 4 is 15.8 Å². The lowest BCUT2D eigenvalue weighted by atomic mass is 10.2. The van der Waals surface area contributed by atoms with Crippen LogP contribution in [0.15, 0.2) is 24.3 Å². The molecule has 0 radical (unpaired) electrons. The molecule has 0 aliphatic heterocycles. The summed E-state index contributed by atoms with van der Waals surface area (Å²) in [6, 6.07) is 9.48. The van der Waals surface area contributed by atoms with Gasteiger partial charge in [-0.1, -0.05) is 52.0 Å². The van der Waals surface area contributed by atoms with Gasteiger partial charge in [0.25, 0.3) is 0 Å². The number of benzene rings is 1. The van der Waals surface area contributed by atoms with E-state index >= 15 is 0 Å². The van der Waals surface area contributed by atoms with Gasteiger partial charge in [-0.15, -0.1) is 15.8 Å². The van der Waals surface area contributed by atoms with Gasteiger partial charge in [-0.25, -0.2) is 0 Å². The molecule has 0 saturated heterocycles. The van der Waals surface area contributed by atoms with Crippen LogP contribution in [0.4, 0.5) is 0 Å². The summed E-state index contributed by atoms with van der Waals surface area (Å²) in [5.41, 5.74) is 3.09. The maximum Gasteiger partial charge on any atom is -0.00733 e. The predicted molar refractivity (Wildman–Crippen MR) is 89.9 cm³/mol. The lowest BCUT2D eigenvalue weighted by Crippen LogP contribution is -1.92. The van der Waals surface area contributed by atoms with E-state index in [1.165, 1.54) is 37.0 Å². The normalized spacial score (nSPS) is 11.4. The van der Waals surface area contributed by atoms with E-state index in [1.54, 1.807) is 11.1 Å². The molecule has 0 aromatic heterocycles. The molecule has 0 atom stereocenters. The minimum absolute atomic E-state index is 0.239. The van der Waals surface area contributed by atoms with Crippen molar-refractivity contribution in [3.8, 4) is 0 Å². The van der Waals surface area contributed by atoms with Crippen LogP contribution in [0, 0.1) is 0 Å². The third kappa shape index (κ3) is 5.38. The fraction of sp³-hybridized carbons (Fsp3) is 0.625. The Morgan fingerprint density at radius 2 is 0.889 bits per heavy atom. The standard InChI is InChI=1S/C16H28P2/c1-5-17(6-2)13-15-9-11-16(12-10-15)14-18(7-3)8-4/h9-12H,5-8,13-14H2,1-4H3. The van der Waals surface area contributed by atoms with Crippen molar-refractivity contribution in [2.75, 3.05) is 24.6 Å². The second-order valence-corrected chi connectivity index (χ2v) is 10.6. The van der Waals surface area contributed by atoms with Crippen LogP contribution >= 0.6 is 15.8 Å². The molecule has 0 bridgehead atoms. The summed E-state index contributed by atoms with van der Waals surface area (Å²) >= 11 is 0. The lowest BCUT2D eigenvalue weighted by Gasteiger charge is -2.15. The van der Waals surface area contributed by atoms with Gasteiger partial charge in [0.05, 0.1) is 0 Å². The molecule has 0 unspecified atom stereocenters. The van der Waals surface area contributed by atoms with Crippen LogP contribution in [0.2, 0.25) is 0 Å². The molecule has 0 saturated carbocycles.